The quantitative estimate of drug-likeness (QED) is 0.630. The first-order valence-electron chi connectivity index (χ1n) is 5.05. The summed E-state index contributed by atoms with van der Waals surface area (Å²) in [4.78, 5) is 10.4. The molecule has 0 atom stereocenters. The average Bonchev–Trinajstić information content (AvgIpc) is 2.15. The van der Waals surface area contributed by atoms with Crippen molar-refractivity contribution in [2.45, 2.75) is 19.4 Å². The van der Waals surface area contributed by atoms with Crippen LogP contribution in [0.5, 0.6) is 5.75 Å². The third-order valence-electron chi connectivity index (χ3n) is 2.05. The van der Waals surface area contributed by atoms with Gasteiger partial charge in [-0.3, -0.25) is 4.79 Å². The van der Waals surface area contributed by atoms with Gasteiger partial charge >= 0.3 is 0 Å². The first-order chi connectivity index (χ1) is 7.58. The van der Waals surface area contributed by atoms with Crippen molar-refractivity contribution >= 4 is 5.91 Å². The van der Waals surface area contributed by atoms with Crippen molar-refractivity contribution in [2.75, 3.05) is 6.54 Å². The number of nitrogens with two attached hydrogens (primary N) is 1. The summed E-state index contributed by atoms with van der Waals surface area (Å²) < 4.78 is 12.9. The first-order valence-corrected chi connectivity index (χ1v) is 5.05. The van der Waals surface area contributed by atoms with Crippen LogP contribution in [0.1, 0.15) is 18.4 Å². The molecule has 1 aromatic rings. The van der Waals surface area contributed by atoms with Crippen LogP contribution < -0.4 is 11.1 Å². The van der Waals surface area contributed by atoms with E-state index >= 15 is 0 Å². The number of hydrogen-bond acceptors (Lipinski definition) is 3. The van der Waals surface area contributed by atoms with Crippen LogP contribution >= 0.6 is 0 Å². The van der Waals surface area contributed by atoms with Gasteiger partial charge in [0.2, 0.25) is 5.91 Å². The SMILES string of the molecule is NC(=O)CCCNCc1cc(O)cc(F)c1. The predicted molar refractivity (Wildman–Crippen MR) is 58.2 cm³/mol. The third-order valence-corrected chi connectivity index (χ3v) is 2.05. The number of primary amides is 1. The molecule has 0 aliphatic heterocycles. The number of phenols is 1. The minimum atomic E-state index is -0.464. The second kappa shape index (κ2) is 6.07. The number of carbonyl (C=O) groups excluding carboxylic acids is 1. The van der Waals surface area contributed by atoms with E-state index in [1.165, 1.54) is 12.1 Å². The number of carbonyl (C=O) groups is 1. The molecule has 1 amide bonds. The number of rotatable bonds is 6. The van der Waals surface area contributed by atoms with Crippen LogP contribution in [0.2, 0.25) is 0 Å². The van der Waals surface area contributed by atoms with Crippen molar-refractivity contribution in [3.05, 3.63) is 29.6 Å². The Balaban J connectivity index is 2.29. The molecule has 5 heteroatoms. The van der Waals surface area contributed by atoms with E-state index in [1.807, 2.05) is 0 Å². The van der Waals surface area contributed by atoms with Crippen LogP contribution in [0.3, 0.4) is 0 Å². The molecular formula is C11H15FN2O2. The Morgan fingerprint density at radius 2 is 2.19 bits per heavy atom. The summed E-state index contributed by atoms with van der Waals surface area (Å²) in [5.41, 5.74) is 5.64. The summed E-state index contributed by atoms with van der Waals surface area (Å²) in [7, 11) is 0. The normalized spacial score (nSPS) is 10.3. The molecule has 0 spiro atoms. The fourth-order valence-corrected chi connectivity index (χ4v) is 1.36. The molecule has 0 aromatic heterocycles. The van der Waals surface area contributed by atoms with Gasteiger partial charge in [-0.1, -0.05) is 0 Å². The Morgan fingerprint density at radius 3 is 2.81 bits per heavy atom. The Hall–Kier alpha value is -1.62. The number of aromatic hydroxyl groups is 1. The molecule has 0 saturated carbocycles. The summed E-state index contributed by atoms with van der Waals surface area (Å²) in [6, 6.07) is 3.89. The number of hydrogen-bond donors (Lipinski definition) is 3. The second-order valence-corrected chi connectivity index (χ2v) is 3.56. The highest BCUT2D eigenvalue weighted by atomic mass is 19.1. The maximum atomic E-state index is 12.9. The molecule has 1 aromatic carbocycles. The van der Waals surface area contributed by atoms with E-state index in [-0.39, 0.29) is 11.7 Å². The zero-order chi connectivity index (χ0) is 12.0. The lowest BCUT2D eigenvalue weighted by atomic mass is 10.2. The molecule has 88 valence electrons. The Morgan fingerprint density at radius 1 is 1.44 bits per heavy atom. The average molecular weight is 226 g/mol. The Bertz CT molecular complexity index is 349. The van der Waals surface area contributed by atoms with Crippen LogP contribution in [0, 0.1) is 5.82 Å². The van der Waals surface area contributed by atoms with Gasteiger partial charge in [-0.2, -0.15) is 0 Å². The van der Waals surface area contributed by atoms with Gasteiger partial charge in [0.15, 0.2) is 0 Å². The number of phenolic OH excluding ortho intramolecular Hbond substituents is 1. The Kier molecular flexibility index (Phi) is 4.72. The number of halogens is 1. The lowest BCUT2D eigenvalue weighted by molar-refractivity contribution is -0.118. The molecule has 0 unspecified atom stereocenters. The molecule has 4 nitrogen and oxygen atoms in total. The molecule has 0 heterocycles. The van der Waals surface area contributed by atoms with Crippen LogP contribution in [0.4, 0.5) is 4.39 Å². The van der Waals surface area contributed by atoms with Crippen molar-refractivity contribution in [1.82, 2.24) is 5.32 Å². The van der Waals surface area contributed by atoms with E-state index in [9.17, 15) is 9.18 Å². The first kappa shape index (κ1) is 12.4. The molecular weight excluding hydrogens is 211 g/mol. The van der Waals surface area contributed by atoms with Gasteiger partial charge in [-0.15, -0.1) is 0 Å². The second-order valence-electron chi connectivity index (χ2n) is 3.56. The molecule has 0 saturated heterocycles. The van der Waals surface area contributed by atoms with Crippen molar-refractivity contribution in [3.63, 3.8) is 0 Å². The van der Waals surface area contributed by atoms with E-state index in [4.69, 9.17) is 10.8 Å². The highest BCUT2D eigenvalue weighted by molar-refractivity contribution is 5.73. The number of benzene rings is 1. The van der Waals surface area contributed by atoms with E-state index in [0.29, 0.717) is 31.5 Å². The molecule has 0 aliphatic rings. The van der Waals surface area contributed by atoms with Crippen molar-refractivity contribution < 1.29 is 14.3 Å². The minimum absolute atomic E-state index is 0.0889. The van der Waals surface area contributed by atoms with E-state index in [1.54, 1.807) is 0 Å². The fourth-order valence-electron chi connectivity index (χ4n) is 1.36. The highest BCUT2D eigenvalue weighted by Crippen LogP contribution is 2.14. The lowest BCUT2D eigenvalue weighted by Crippen LogP contribution is -2.18. The van der Waals surface area contributed by atoms with Crippen LogP contribution in [0.15, 0.2) is 18.2 Å². The summed E-state index contributed by atoms with van der Waals surface area (Å²) in [6.45, 7) is 1.07. The van der Waals surface area contributed by atoms with Gasteiger partial charge in [0, 0.05) is 19.0 Å². The van der Waals surface area contributed by atoms with E-state index < -0.39 is 5.82 Å². The van der Waals surface area contributed by atoms with Crippen molar-refractivity contribution in [1.29, 1.82) is 0 Å². The van der Waals surface area contributed by atoms with Gasteiger partial charge < -0.3 is 16.2 Å². The van der Waals surface area contributed by atoms with Crippen LogP contribution in [0.25, 0.3) is 0 Å². The monoisotopic (exact) mass is 226 g/mol. The Labute approximate surface area is 93.3 Å². The highest BCUT2D eigenvalue weighted by Gasteiger charge is 1.99. The molecule has 16 heavy (non-hydrogen) atoms. The summed E-state index contributed by atoms with van der Waals surface area (Å²) in [5.74, 6) is -0.881. The molecule has 4 N–H and O–H groups in total. The van der Waals surface area contributed by atoms with Gasteiger partial charge in [0.25, 0.3) is 0 Å². The third kappa shape index (κ3) is 4.75. The molecule has 0 bridgehead atoms. The zero-order valence-electron chi connectivity index (χ0n) is 8.87. The minimum Gasteiger partial charge on any atom is -0.508 e. The molecule has 1 rings (SSSR count). The van der Waals surface area contributed by atoms with Crippen LogP contribution in [-0.2, 0) is 11.3 Å². The van der Waals surface area contributed by atoms with E-state index in [2.05, 4.69) is 5.32 Å². The van der Waals surface area contributed by atoms with Gasteiger partial charge in [-0.25, -0.2) is 4.39 Å². The molecule has 0 radical (unpaired) electrons. The smallest absolute Gasteiger partial charge is 0.217 e. The zero-order valence-corrected chi connectivity index (χ0v) is 8.87. The summed E-state index contributed by atoms with van der Waals surface area (Å²) in [6.07, 6.45) is 0.984. The summed E-state index contributed by atoms with van der Waals surface area (Å²) >= 11 is 0. The van der Waals surface area contributed by atoms with Crippen LogP contribution in [-0.4, -0.2) is 17.6 Å². The fraction of sp³-hybridized carbons (Fsp3) is 0.364. The van der Waals surface area contributed by atoms with Gasteiger partial charge in [0.1, 0.15) is 11.6 Å². The van der Waals surface area contributed by atoms with Crippen molar-refractivity contribution in [3.8, 4) is 5.75 Å². The lowest BCUT2D eigenvalue weighted by Gasteiger charge is -2.05. The topological polar surface area (TPSA) is 75.4 Å². The largest absolute Gasteiger partial charge is 0.508 e. The standard InChI is InChI=1S/C11H15FN2O2/c12-9-4-8(5-10(15)6-9)7-14-3-1-2-11(13)16/h4-6,14-15H,1-3,7H2,(H2,13,16). The predicted octanol–water partition coefficient (Wildman–Crippen LogP) is 0.886. The molecule has 0 aliphatic carbocycles. The molecule has 0 fully saturated rings. The summed E-state index contributed by atoms with van der Waals surface area (Å²) in [5, 5.41) is 12.2. The number of nitrogens with one attached hydrogen (secondary N) is 1. The maximum Gasteiger partial charge on any atom is 0.217 e. The van der Waals surface area contributed by atoms with E-state index in [0.717, 1.165) is 6.07 Å². The van der Waals surface area contributed by atoms with Crippen molar-refractivity contribution in [2.24, 2.45) is 5.73 Å². The maximum absolute atomic E-state index is 12.9. The van der Waals surface area contributed by atoms with Gasteiger partial charge in [0.05, 0.1) is 0 Å². The number of amides is 1. The van der Waals surface area contributed by atoms with Gasteiger partial charge in [-0.05, 0) is 30.7 Å².